The maximum atomic E-state index is 4.37. The average molecular weight is 212 g/mol. The zero-order chi connectivity index (χ0) is 10.8. The summed E-state index contributed by atoms with van der Waals surface area (Å²) < 4.78 is 2.24. The molecule has 14 heavy (non-hydrogen) atoms. The minimum Gasteiger partial charge on any atom is -0.334 e. The van der Waals surface area contributed by atoms with Crippen molar-refractivity contribution < 1.29 is 0 Å². The van der Waals surface area contributed by atoms with Crippen molar-refractivity contribution in [2.45, 2.75) is 40.2 Å². The quantitative estimate of drug-likeness (QED) is 0.760. The first-order chi connectivity index (χ1) is 6.46. The third kappa shape index (κ3) is 2.77. The van der Waals surface area contributed by atoms with Crippen molar-refractivity contribution >= 4 is 12.6 Å². The molecule has 1 aromatic rings. The molecule has 2 nitrogen and oxygen atoms in total. The maximum Gasteiger partial charge on any atom is 0.111 e. The molecule has 0 aliphatic heterocycles. The molecule has 0 amide bonds. The van der Waals surface area contributed by atoms with Gasteiger partial charge in [0.2, 0.25) is 0 Å². The highest BCUT2D eigenvalue weighted by molar-refractivity contribution is 7.80. The second-order valence-corrected chi connectivity index (χ2v) is 5.21. The minimum absolute atomic E-state index is 0.230. The Hall–Kier alpha value is -0.440. The fourth-order valence-corrected chi connectivity index (χ4v) is 1.57. The second kappa shape index (κ2) is 4.39. The average Bonchev–Trinajstić information content (AvgIpc) is 2.51. The molecular formula is C11H20N2S. The molecule has 3 heteroatoms. The minimum atomic E-state index is 0.230. The third-order valence-electron chi connectivity index (χ3n) is 2.29. The molecule has 0 N–H and O–H groups in total. The zero-order valence-corrected chi connectivity index (χ0v) is 10.4. The summed E-state index contributed by atoms with van der Waals surface area (Å²) in [7, 11) is 0. The zero-order valence-electron chi connectivity index (χ0n) is 9.49. The van der Waals surface area contributed by atoms with Gasteiger partial charge in [-0.25, -0.2) is 4.98 Å². The Labute approximate surface area is 92.1 Å². The van der Waals surface area contributed by atoms with E-state index in [1.54, 1.807) is 0 Å². The van der Waals surface area contributed by atoms with Crippen LogP contribution in [0.4, 0.5) is 0 Å². The van der Waals surface area contributed by atoms with Crippen molar-refractivity contribution in [3.8, 4) is 0 Å². The van der Waals surface area contributed by atoms with E-state index in [0.717, 1.165) is 12.3 Å². The van der Waals surface area contributed by atoms with Gasteiger partial charge in [0.1, 0.15) is 5.82 Å². The standard InChI is InChI=1S/C11H20N2S/c1-9(2)10-12-5-6-13(10)7-11(3,4)8-14/h5-6,9,14H,7-8H2,1-4H3. The molecule has 0 aromatic carbocycles. The van der Waals surface area contributed by atoms with Gasteiger partial charge in [0, 0.05) is 24.9 Å². The lowest BCUT2D eigenvalue weighted by Crippen LogP contribution is -2.22. The van der Waals surface area contributed by atoms with Crippen LogP contribution in [0.1, 0.15) is 39.4 Å². The van der Waals surface area contributed by atoms with Gasteiger partial charge < -0.3 is 4.57 Å². The number of hydrogen-bond donors (Lipinski definition) is 1. The van der Waals surface area contributed by atoms with Crippen molar-refractivity contribution in [3.63, 3.8) is 0 Å². The van der Waals surface area contributed by atoms with Gasteiger partial charge in [0.05, 0.1) is 0 Å². The van der Waals surface area contributed by atoms with Crippen LogP contribution in [0.5, 0.6) is 0 Å². The summed E-state index contributed by atoms with van der Waals surface area (Å²) in [4.78, 5) is 4.37. The maximum absolute atomic E-state index is 4.37. The van der Waals surface area contributed by atoms with Crippen molar-refractivity contribution in [3.05, 3.63) is 18.2 Å². The van der Waals surface area contributed by atoms with E-state index in [9.17, 15) is 0 Å². The monoisotopic (exact) mass is 212 g/mol. The van der Waals surface area contributed by atoms with Gasteiger partial charge in [-0.1, -0.05) is 27.7 Å². The first kappa shape index (κ1) is 11.6. The van der Waals surface area contributed by atoms with Crippen LogP contribution in [0.15, 0.2) is 12.4 Å². The lowest BCUT2D eigenvalue weighted by molar-refractivity contribution is 0.344. The Morgan fingerprint density at radius 1 is 1.50 bits per heavy atom. The first-order valence-electron chi connectivity index (χ1n) is 5.08. The van der Waals surface area contributed by atoms with E-state index >= 15 is 0 Å². The van der Waals surface area contributed by atoms with E-state index in [4.69, 9.17) is 0 Å². The highest BCUT2D eigenvalue weighted by Gasteiger charge is 2.18. The highest BCUT2D eigenvalue weighted by Crippen LogP contribution is 2.22. The Morgan fingerprint density at radius 3 is 2.64 bits per heavy atom. The van der Waals surface area contributed by atoms with Crippen LogP contribution < -0.4 is 0 Å². The van der Waals surface area contributed by atoms with Crippen LogP contribution in [0.3, 0.4) is 0 Å². The Balaban J connectivity index is 2.81. The van der Waals surface area contributed by atoms with Gasteiger partial charge >= 0.3 is 0 Å². The van der Waals surface area contributed by atoms with E-state index in [1.807, 2.05) is 6.20 Å². The van der Waals surface area contributed by atoms with Crippen LogP contribution >= 0.6 is 12.6 Å². The summed E-state index contributed by atoms with van der Waals surface area (Å²) in [6, 6.07) is 0. The van der Waals surface area contributed by atoms with E-state index in [-0.39, 0.29) is 5.41 Å². The Bertz CT molecular complexity index is 289. The molecule has 0 atom stereocenters. The smallest absolute Gasteiger partial charge is 0.111 e. The van der Waals surface area contributed by atoms with Gasteiger partial charge in [-0.15, -0.1) is 0 Å². The van der Waals surface area contributed by atoms with Gasteiger partial charge in [-0.2, -0.15) is 12.6 Å². The van der Waals surface area contributed by atoms with Crippen LogP contribution in [0.2, 0.25) is 0 Å². The normalized spacial score (nSPS) is 12.4. The fourth-order valence-electron chi connectivity index (χ4n) is 1.47. The molecule has 1 rings (SSSR count). The molecule has 1 heterocycles. The lowest BCUT2D eigenvalue weighted by Gasteiger charge is -2.24. The van der Waals surface area contributed by atoms with Crippen molar-refractivity contribution in [2.24, 2.45) is 5.41 Å². The molecule has 80 valence electrons. The van der Waals surface area contributed by atoms with Crippen molar-refractivity contribution in [1.29, 1.82) is 0 Å². The summed E-state index contributed by atoms with van der Waals surface area (Å²) in [5.41, 5.74) is 0.230. The summed E-state index contributed by atoms with van der Waals surface area (Å²) >= 11 is 4.36. The van der Waals surface area contributed by atoms with Gasteiger partial charge in [0.25, 0.3) is 0 Å². The van der Waals surface area contributed by atoms with E-state index in [2.05, 4.69) is 56.1 Å². The molecule has 0 aliphatic carbocycles. The molecule has 0 aliphatic rings. The molecule has 0 unspecified atom stereocenters. The molecular weight excluding hydrogens is 192 g/mol. The molecule has 1 aromatic heterocycles. The summed E-state index contributed by atoms with van der Waals surface area (Å²) in [6.45, 7) is 9.79. The molecule has 0 bridgehead atoms. The molecule has 0 fully saturated rings. The topological polar surface area (TPSA) is 17.8 Å². The van der Waals surface area contributed by atoms with E-state index < -0.39 is 0 Å². The number of thiol groups is 1. The lowest BCUT2D eigenvalue weighted by atomic mass is 9.96. The second-order valence-electron chi connectivity index (χ2n) is 4.89. The van der Waals surface area contributed by atoms with Crippen LogP contribution in [0, 0.1) is 5.41 Å². The van der Waals surface area contributed by atoms with E-state index in [1.165, 1.54) is 5.82 Å². The molecule has 0 saturated heterocycles. The number of hydrogen-bond acceptors (Lipinski definition) is 2. The highest BCUT2D eigenvalue weighted by atomic mass is 32.1. The van der Waals surface area contributed by atoms with Gasteiger partial charge in [-0.05, 0) is 11.2 Å². The van der Waals surface area contributed by atoms with Crippen LogP contribution in [0.25, 0.3) is 0 Å². The number of rotatable bonds is 4. The summed E-state index contributed by atoms with van der Waals surface area (Å²) in [5, 5.41) is 0. The first-order valence-corrected chi connectivity index (χ1v) is 5.71. The molecule has 0 saturated carbocycles. The largest absolute Gasteiger partial charge is 0.334 e. The number of nitrogens with zero attached hydrogens (tertiary/aromatic N) is 2. The Morgan fingerprint density at radius 2 is 2.14 bits per heavy atom. The van der Waals surface area contributed by atoms with Gasteiger partial charge in [0.15, 0.2) is 0 Å². The van der Waals surface area contributed by atoms with Gasteiger partial charge in [-0.3, -0.25) is 0 Å². The van der Waals surface area contributed by atoms with E-state index in [0.29, 0.717) is 5.92 Å². The SMILES string of the molecule is CC(C)c1nccn1CC(C)(C)CS. The predicted octanol–water partition coefficient (Wildman–Crippen LogP) is 2.96. The predicted molar refractivity (Wildman–Crippen MR) is 64.0 cm³/mol. The van der Waals surface area contributed by atoms with Crippen molar-refractivity contribution in [1.82, 2.24) is 9.55 Å². The van der Waals surface area contributed by atoms with Crippen LogP contribution in [-0.2, 0) is 6.54 Å². The van der Waals surface area contributed by atoms with Crippen LogP contribution in [-0.4, -0.2) is 15.3 Å². The molecule has 0 spiro atoms. The summed E-state index contributed by atoms with van der Waals surface area (Å²) in [5.74, 6) is 2.54. The number of aromatic nitrogens is 2. The number of imidazole rings is 1. The van der Waals surface area contributed by atoms with Crippen molar-refractivity contribution in [2.75, 3.05) is 5.75 Å². The third-order valence-corrected chi connectivity index (χ3v) is 3.15. The Kier molecular flexibility index (Phi) is 3.65. The summed E-state index contributed by atoms with van der Waals surface area (Å²) in [6.07, 6.45) is 3.93. The molecule has 0 radical (unpaired) electrons. The fraction of sp³-hybridized carbons (Fsp3) is 0.727.